The van der Waals surface area contributed by atoms with Gasteiger partial charge in [-0.05, 0) is 57.8 Å². The molecule has 0 spiro atoms. The molecule has 19 heavy (non-hydrogen) atoms. The van der Waals surface area contributed by atoms with Crippen LogP contribution >= 0.6 is 0 Å². The minimum atomic E-state index is -0.697. The Kier molecular flexibility index (Phi) is 6.07. The molecule has 5 heteroatoms. The standard InChI is InChI=1S/C14H27N3O2/c18-14(19)12-16-7-1-3-13(4-9-16)11-17-8-2-5-15-6-10-17/h13,15H,1-12H2,(H,18,19). The highest BCUT2D eigenvalue weighted by atomic mass is 16.4. The second-order valence-corrected chi connectivity index (χ2v) is 5.87. The summed E-state index contributed by atoms with van der Waals surface area (Å²) in [5.74, 6) is 0.0499. The summed E-state index contributed by atoms with van der Waals surface area (Å²) in [6, 6.07) is 0. The molecule has 2 saturated heterocycles. The summed E-state index contributed by atoms with van der Waals surface area (Å²) in [7, 11) is 0. The maximum absolute atomic E-state index is 10.8. The minimum Gasteiger partial charge on any atom is -0.480 e. The van der Waals surface area contributed by atoms with Crippen LogP contribution in [0.1, 0.15) is 25.7 Å². The third kappa shape index (κ3) is 5.47. The van der Waals surface area contributed by atoms with Crippen LogP contribution in [0.4, 0.5) is 0 Å². The average molecular weight is 269 g/mol. The predicted molar refractivity (Wildman–Crippen MR) is 75.3 cm³/mol. The molecule has 2 aliphatic heterocycles. The Hall–Kier alpha value is -0.650. The highest BCUT2D eigenvalue weighted by molar-refractivity contribution is 5.69. The van der Waals surface area contributed by atoms with Crippen LogP contribution in [0.2, 0.25) is 0 Å². The fraction of sp³-hybridized carbons (Fsp3) is 0.929. The number of nitrogens with zero attached hydrogens (tertiary/aromatic N) is 2. The molecule has 1 unspecified atom stereocenters. The molecular weight excluding hydrogens is 242 g/mol. The quantitative estimate of drug-likeness (QED) is 0.777. The van der Waals surface area contributed by atoms with Crippen LogP contribution in [0.15, 0.2) is 0 Å². The molecular formula is C14H27N3O2. The van der Waals surface area contributed by atoms with Crippen molar-refractivity contribution < 1.29 is 9.90 Å². The molecule has 0 aliphatic carbocycles. The van der Waals surface area contributed by atoms with Crippen LogP contribution in [-0.4, -0.2) is 73.2 Å². The Morgan fingerprint density at radius 1 is 1.05 bits per heavy atom. The Morgan fingerprint density at radius 2 is 1.89 bits per heavy atom. The first-order valence-electron chi connectivity index (χ1n) is 7.61. The number of carbonyl (C=O) groups is 1. The van der Waals surface area contributed by atoms with Gasteiger partial charge in [-0.15, -0.1) is 0 Å². The van der Waals surface area contributed by atoms with Gasteiger partial charge in [-0.25, -0.2) is 0 Å². The topological polar surface area (TPSA) is 55.8 Å². The summed E-state index contributed by atoms with van der Waals surface area (Å²) in [6.45, 7) is 7.93. The molecule has 2 heterocycles. The fourth-order valence-corrected chi connectivity index (χ4v) is 3.21. The van der Waals surface area contributed by atoms with E-state index in [-0.39, 0.29) is 6.54 Å². The molecule has 0 radical (unpaired) electrons. The lowest BCUT2D eigenvalue weighted by Gasteiger charge is -2.25. The predicted octanol–water partition coefficient (Wildman–Crippen LogP) is 0.468. The molecule has 1 atom stereocenters. The van der Waals surface area contributed by atoms with Gasteiger partial charge in [0.05, 0.1) is 6.54 Å². The van der Waals surface area contributed by atoms with Gasteiger partial charge in [0.2, 0.25) is 0 Å². The van der Waals surface area contributed by atoms with Gasteiger partial charge < -0.3 is 15.3 Å². The summed E-state index contributed by atoms with van der Waals surface area (Å²) in [4.78, 5) is 15.4. The summed E-state index contributed by atoms with van der Waals surface area (Å²) < 4.78 is 0. The van der Waals surface area contributed by atoms with Gasteiger partial charge in [-0.3, -0.25) is 9.69 Å². The molecule has 2 rings (SSSR count). The second kappa shape index (κ2) is 7.82. The van der Waals surface area contributed by atoms with Gasteiger partial charge in [0, 0.05) is 19.6 Å². The highest BCUT2D eigenvalue weighted by Gasteiger charge is 2.20. The minimum absolute atomic E-state index is 0.209. The second-order valence-electron chi connectivity index (χ2n) is 5.87. The monoisotopic (exact) mass is 269 g/mol. The van der Waals surface area contributed by atoms with Gasteiger partial charge in [-0.2, -0.15) is 0 Å². The molecule has 0 aromatic carbocycles. The van der Waals surface area contributed by atoms with Crippen molar-refractivity contribution in [1.29, 1.82) is 0 Å². The third-order valence-corrected chi connectivity index (χ3v) is 4.25. The van der Waals surface area contributed by atoms with Gasteiger partial charge in [0.1, 0.15) is 0 Å². The Bertz CT molecular complexity index is 278. The fourth-order valence-electron chi connectivity index (χ4n) is 3.21. The molecule has 0 saturated carbocycles. The summed E-state index contributed by atoms with van der Waals surface area (Å²) >= 11 is 0. The van der Waals surface area contributed by atoms with E-state index in [0.717, 1.165) is 51.5 Å². The van der Waals surface area contributed by atoms with E-state index >= 15 is 0 Å². The smallest absolute Gasteiger partial charge is 0.317 e. The first kappa shape index (κ1) is 14.8. The highest BCUT2D eigenvalue weighted by Crippen LogP contribution is 2.19. The number of nitrogens with one attached hydrogen (secondary N) is 1. The summed E-state index contributed by atoms with van der Waals surface area (Å²) in [5, 5.41) is 12.3. The Morgan fingerprint density at radius 3 is 2.74 bits per heavy atom. The number of hydrogen-bond acceptors (Lipinski definition) is 4. The third-order valence-electron chi connectivity index (χ3n) is 4.25. The van der Waals surface area contributed by atoms with Crippen molar-refractivity contribution in [2.45, 2.75) is 25.7 Å². The van der Waals surface area contributed by atoms with Crippen molar-refractivity contribution in [3.05, 3.63) is 0 Å². The molecule has 5 nitrogen and oxygen atoms in total. The molecule has 2 N–H and O–H groups in total. The van der Waals surface area contributed by atoms with Crippen LogP contribution in [0, 0.1) is 5.92 Å². The van der Waals surface area contributed by atoms with Gasteiger partial charge in [0.15, 0.2) is 0 Å². The van der Waals surface area contributed by atoms with E-state index in [0.29, 0.717) is 0 Å². The first-order chi connectivity index (χ1) is 9.24. The van der Waals surface area contributed by atoms with Crippen LogP contribution < -0.4 is 5.32 Å². The first-order valence-corrected chi connectivity index (χ1v) is 7.61. The molecule has 0 aromatic heterocycles. The van der Waals surface area contributed by atoms with Crippen LogP contribution in [0.3, 0.4) is 0 Å². The molecule has 0 amide bonds. The number of carboxylic acid groups (broad SMARTS) is 1. The van der Waals surface area contributed by atoms with Crippen LogP contribution in [0.5, 0.6) is 0 Å². The van der Waals surface area contributed by atoms with E-state index in [1.54, 1.807) is 0 Å². The summed E-state index contributed by atoms with van der Waals surface area (Å²) in [5.41, 5.74) is 0. The average Bonchev–Trinajstić information content (AvgIpc) is 2.73. The van der Waals surface area contributed by atoms with Gasteiger partial charge >= 0.3 is 5.97 Å². The van der Waals surface area contributed by atoms with E-state index in [9.17, 15) is 4.79 Å². The number of aliphatic carboxylic acids is 1. The molecule has 2 fully saturated rings. The maximum atomic E-state index is 10.8. The SMILES string of the molecule is O=C(O)CN1CCCC(CN2CCCNCC2)CC1. The number of likely N-dealkylation sites (tertiary alicyclic amines) is 1. The van der Waals surface area contributed by atoms with Gasteiger partial charge in [-0.1, -0.05) is 0 Å². The Labute approximate surface area is 115 Å². The molecule has 110 valence electrons. The lowest BCUT2D eigenvalue weighted by molar-refractivity contribution is -0.138. The van der Waals surface area contributed by atoms with Crippen molar-refractivity contribution in [2.75, 3.05) is 52.4 Å². The maximum Gasteiger partial charge on any atom is 0.317 e. The van der Waals surface area contributed by atoms with Crippen LogP contribution in [-0.2, 0) is 4.79 Å². The molecule has 2 aliphatic rings. The van der Waals surface area contributed by atoms with E-state index in [4.69, 9.17) is 5.11 Å². The van der Waals surface area contributed by atoms with Crippen molar-refractivity contribution in [3.63, 3.8) is 0 Å². The molecule has 0 bridgehead atoms. The Balaban J connectivity index is 1.73. The van der Waals surface area contributed by atoms with E-state index in [1.807, 2.05) is 0 Å². The number of carboxylic acids is 1. The van der Waals surface area contributed by atoms with Crippen molar-refractivity contribution in [1.82, 2.24) is 15.1 Å². The van der Waals surface area contributed by atoms with Crippen LogP contribution in [0.25, 0.3) is 0 Å². The molecule has 0 aromatic rings. The lowest BCUT2D eigenvalue weighted by atomic mass is 10.00. The van der Waals surface area contributed by atoms with Crippen molar-refractivity contribution >= 4 is 5.97 Å². The number of rotatable bonds is 4. The largest absolute Gasteiger partial charge is 0.480 e. The normalized spacial score (nSPS) is 27.7. The van der Waals surface area contributed by atoms with Crippen molar-refractivity contribution in [2.24, 2.45) is 5.92 Å². The zero-order valence-corrected chi connectivity index (χ0v) is 11.8. The van der Waals surface area contributed by atoms with E-state index in [1.165, 1.54) is 25.9 Å². The lowest BCUT2D eigenvalue weighted by Crippen LogP contribution is -2.34. The van der Waals surface area contributed by atoms with E-state index in [2.05, 4.69) is 15.1 Å². The number of hydrogen-bond donors (Lipinski definition) is 2. The van der Waals surface area contributed by atoms with Crippen molar-refractivity contribution in [3.8, 4) is 0 Å². The van der Waals surface area contributed by atoms with Gasteiger partial charge in [0.25, 0.3) is 0 Å². The van der Waals surface area contributed by atoms with E-state index < -0.39 is 5.97 Å². The zero-order valence-electron chi connectivity index (χ0n) is 11.8. The zero-order chi connectivity index (χ0) is 13.5. The summed E-state index contributed by atoms with van der Waals surface area (Å²) in [6.07, 6.45) is 4.79.